The predicted molar refractivity (Wildman–Crippen MR) is 90.0 cm³/mol. The van der Waals surface area contributed by atoms with Crippen molar-refractivity contribution in [1.82, 2.24) is 4.98 Å². The normalized spacial score (nSPS) is 10.9. The number of H-pyrrole nitrogens is 1. The van der Waals surface area contributed by atoms with Gasteiger partial charge < -0.3 is 9.72 Å². The van der Waals surface area contributed by atoms with Gasteiger partial charge in [0, 0.05) is 21.9 Å². The lowest BCUT2D eigenvalue weighted by molar-refractivity contribution is 0.323. The zero-order chi connectivity index (χ0) is 14.7. The summed E-state index contributed by atoms with van der Waals surface area (Å²) in [6, 6.07) is 12.5. The molecule has 0 bridgehead atoms. The number of ether oxygens (including phenoxy) is 1. The Hall–Kier alpha value is -2.48. The third kappa shape index (κ3) is 2.45. The van der Waals surface area contributed by atoms with Gasteiger partial charge in [-0.1, -0.05) is 30.4 Å². The molecule has 0 aliphatic rings. The number of fused-ring (bicyclic) bond motifs is 3. The van der Waals surface area contributed by atoms with Crippen molar-refractivity contribution in [2.75, 3.05) is 6.61 Å². The average molecular weight is 277 g/mol. The SMILES string of the molecule is C=CCCOc1ccc2c([nH]c3ccccc32)c1CC=C. The molecule has 0 saturated heterocycles. The van der Waals surface area contributed by atoms with Gasteiger partial charge in [0.15, 0.2) is 0 Å². The van der Waals surface area contributed by atoms with Crippen LogP contribution in [-0.4, -0.2) is 11.6 Å². The van der Waals surface area contributed by atoms with E-state index in [0.717, 1.165) is 29.6 Å². The van der Waals surface area contributed by atoms with Gasteiger partial charge >= 0.3 is 0 Å². The molecular formula is C19H19NO. The Kier molecular flexibility index (Phi) is 3.78. The van der Waals surface area contributed by atoms with E-state index in [-0.39, 0.29) is 0 Å². The first kappa shape index (κ1) is 13.5. The lowest BCUT2D eigenvalue weighted by atomic mass is 10.1. The minimum atomic E-state index is 0.652. The second-order valence-corrected chi connectivity index (χ2v) is 5.05. The lowest BCUT2D eigenvalue weighted by Gasteiger charge is -2.11. The Morgan fingerprint density at radius 2 is 1.86 bits per heavy atom. The van der Waals surface area contributed by atoms with E-state index in [9.17, 15) is 0 Å². The molecule has 0 radical (unpaired) electrons. The van der Waals surface area contributed by atoms with E-state index in [0.29, 0.717) is 6.61 Å². The maximum Gasteiger partial charge on any atom is 0.124 e. The summed E-state index contributed by atoms with van der Waals surface area (Å²) in [5.41, 5.74) is 3.47. The van der Waals surface area contributed by atoms with E-state index in [1.54, 1.807) is 0 Å². The number of hydrogen-bond acceptors (Lipinski definition) is 1. The number of aromatic nitrogens is 1. The molecule has 1 N–H and O–H groups in total. The van der Waals surface area contributed by atoms with Gasteiger partial charge in [-0.3, -0.25) is 0 Å². The van der Waals surface area contributed by atoms with Crippen molar-refractivity contribution in [3.63, 3.8) is 0 Å². The van der Waals surface area contributed by atoms with Gasteiger partial charge in [0.25, 0.3) is 0 Å². The zero-order valence-corrected chi connectivity index (χ0v) is 12.1. The van der Waals surface area contributed by atoms with E-state index in [1.165, 1.54) is 16.3 Å². The van der Waals surface area contributed by atoms with Gasteiger partial charge in [-0.15, -0.1) is 13.2 Å². The first-order valence-electron chi connectivity index (χ1n) is 7.22. The number of benzene rings is 2. The summed E-state index contributed by atoms with van der Waals surface area (Å²) in [5.74, 6) is 0.927. The van der Waals surface area contributed by atoms with Crippen molar-refractivity contribution in [2.24, 2.45) is 0 Å². The molecule has 3 aromatic rings. The maximum atomic E-state index is 5.90. The number of nitrogens with one attached hydrogen (secondary N) is 1. The number of aromatic amines is 1. The van der Waals surface area contributed by atoms with Crippen molar-refractivity contribution in [3.8, 4) is 5.75 Å². The van der Waals surface area contributed by atoms with Crippen LogP contribution in [0, 0.1) is 0 Å². The van der Waals surface area contributed by atoms with Crippen LogP contribution in [0.15, 0.2) is 61.7 Å². The molecule has 0 amide bonds. The van der Waals surface area contributed by atoms with Gasteiger partial charge in [0.1, 0.15) is 5.75 Å². The van der Waals surface area contributed by atoms with Crippen LogP contribution in [0.5, 0.6) is 5.75 Å². The van der Waals surface area contributed by atoms with Crippen molar-refractivity contribution in [2.45, 2.75) is 12.8 Å². The van der Waals surface area contributed by atoms with Gasteiger partial charge in [-0.25, -0.2) is 0 Å². The van der Waals surface area contributed by atoms with E-state index in [4.69, 9.17) is 4.74 Å². The van der Waals surface area contributed by atoms with Crippen LogP contribution in [0.3, 0.4) is 0 Å². The van der Waals surface area contributed by atoms with Crippen LogP contribution in [0.4, 0.5) is 0 Å². The summed E-state index contributed by atoms with van der Waals surface area (Å²) in [6.45, 7) is 8.25. The van der Waals surface area contributed by atoms with E-state index in [1.807, 2.05) is 18.2 Å². The highest BCUT2D eigenvalue weighted by molar-refractivity contribution is 6.08. The van der Waals surface area contributed by atoms with Gasteiger partial charge in [-0.2, -0.15) is 0 Å². The van der Waals surface area contributed by atoms with Crippen LogP contribution >= 0.6 is 0 Å². The molecule has 2 aromatic carbocycles. The van der Waals surface area contributed by atoms with Crippen LogP contribution in [0.2, 0.25) is 0 Å². The highest BCUT2D eigenvalue weighted by Crippen LogP contribution is 2.33. The molecule has 1 heterocycles. The zero-order valence-electron chi connectivity index (χ0n) is 12.1. The molecule has 0 unspecified atom stereocenters. The maximum absolute atomic E-state index is 5.90. The molecule has 0 atom stereocenters. The van der Waals surface area contributed by atoms with Crippen LogP contribution in [0.25, 0.3) is 21.8 Å². The Morgan fingerprint density at radius 3 is 2.67 bits per heavy atom. The quantitative estimate of drug-likeness (QED) is 0.497. The lowest BCUT2D eigenvalue weighted by Crippen LogP contribution is -1.99. The minimum absolute atomic E-state index is 0.652. The first-order chi connectivity index (χ1) is 10.3. The van der Waals surface area contributed by atoms with Crippen LogP contribution < -0.4 is 4.74 Å². The smallest absolute Gasteiger partial charge is 0.124 e. The number of allylic oxidation sites excluding steroid dienone is 1. The fourth-order valence-electron chi connectivity index (χ4n) is 2.69. The number of hydrogen-bond donors (Lipinski definition) is 1. The Morgan fingerprint density at radius 1 is 1.00 bits per heavy atom. The summed E-state index contributed by atoms with van der Waals surface area (Å²) in [5, 5.41) is 2.48. The fraction of sp³-hybridized carbons (Fsp3) is 0.158. The Balaban J connectivity index is 2.16. The summed E-state index contributed by atoms with van der Waals surface area (Å²) in [6.07, 6.45) is 5.42. The topological polar surface area (TPSA) is 25.0 Å². The van der Waals surface area contributed by atoms with Crippen LogP contribution in [-0.2, 0) is 6.42 Å². The molecule has 0 aliphatic heterocycles. The number of para-hydroxylation sites is 1. The second kappa shape index (κ2) is 5.88. The second-order valence-electron chi connectivity index (χ2n) is 5.05. The molecule has 1 aromatic heterocycles. The summed E-state index contributed by atoms with van der Waals surface area (Å²) < 4.78 is 5.90. The standard InChI is InChI=1S/C19H19NO/c1-3-5-13-21-18-12-11-15-14-9-6-7-10-17(14)20-19(15)16(18)8-4-2/h3-4,6-7,9-12,20H,1-2,5,8,13H2. The monoisotopic (exact) mass is 277 g/mol. The number of rotatable bonds is 6. The molecule has 0 aliphatic carbocycles. The molecule has 106 valence electrons. The summed E-state index contributed by atoms with van der Waals surface area (Å²) in [7, 11) is 0. The first-order valence-corrected chi connectivity index (χ1v) is 7.22. The molecule has 0 saturated carbocycles. The van der Waals surface area contributed by atoms with Crippen molar-refractivity contribution < 1.29 is 4.74 Å². The van der Waals surface area contributed by atoms with Gasteiger partial charge in [0.2, 0.25) is 0 Å². The molecule has 0 spiro atoms. The van der Waals surface area contributed by atoms with Crippen molar-refractivity contribution in [1.29, 1.82) is 0 Å². The molecule has 21 heavy (non-hydrogen) atoms. The van der Waals surface area contributed by atoms with E-state index >= 15 is 0 Å². The van der Waals surface area contributed by atoms with Gasteiger partial charge in [0.05, 0.1) is 12.1 Å². The van der Waals surface area contributed by atoms with Crippen molar-refractivity contribution >= 4 is 21.8 Å². The summed E-state index contributed by atoms with van der Waals surface area (Å²) >= 11 is 0. The van der Waals surface area contributed by atoms with Crippen LogP contribution in [0.1, 0.15) is 12.0 Å². The van der Waals surface area contributed by atoms with E-state index < -0.39 is 0 Å². The molecular weight excluding hydrogens is 258 g/mol. The molecule has 2 heteroatoms. The van der Waals surface area contributed by atoms with E-state index in [2.05, 4.69) is 48.5 Å². The average Bonchev–Trinajstić information content (AvgIpc) is 2.88. The largest absolute Gasteiger partial charge is 0.493 e. The highest BCUT2D eigenvalue weighted by atomic mass is 16.5. The Bertz CT molecular complexity index is 798. The molecule has 2 nitrogen and oxygen atoms in total. The van der Waals surface area contributed by atoms with Crippen molar-refractivity contribution in [3.05, 3.63) is 67.3 Å². The summed E-state index contributed by atoms with van der Waals surface area (Å²) in [4.78, 5) is 3.51. The predicted octanol–water partition coefficient (Wildman–Crippen LogP) is 5.00. The minimum Gasteiger partial charge on any atom is -0.493 e. The van der Waals surface area contributed by atoms with Gasteiger partial charge in [-0.05, 0) is 31.0 Å². The fourth-order valence-corrected chi connectivity index (χ4v) is 2.69. The molecule has 3 rings (SSSR count). The third-order valence-corrected chi connectivity index (χ3v) is 3.67. The third-order valence-electron chi connectivity index (χ3n) is 3.67. The Labute approximate surface area is 124 Å². The highest BCUT2D eigenvalue weighted by Gasteiger charge is 2.12. The molecule has 0 fully saturated rings.